The number of ether oxygens (including phenoxy) is 1. The van der Waals surface area contributed by atoms with E-state index in [2.05, 4.69) is 140 Å². The molecule has 0 amide bonds. The van der Waals surface area contributed by atoms with Gasteiger partial charge in [0.15, 0.2) is 11.6 Å². The molecule has 242 valence electrons. The van der Waals surface area contributed by atoms with E-state index in [1.807, 2.05) is 6.08 Å². The van der Waals surface area contributed by atoms with E-state index in [9.17, 15) is 0 Å². The number of aromatic nitrogens is 2. The number of likely N-dealkylation sites (N-methyl/N-ethyl adjacent to an activating group) is 1. The molecule has 0 saturated carbocycles. The maximum Gasteiger partial charge on any atom is 0.161 e. The van der Waals surface area contributed by atoms with Crippen LogP contribution < -0.4 is 19.4 Å². The van der Waals surface area contributed by atoms with Crippen LogP contribution in [0.5, 0.6) is 5.75 Å². The van der Waals surface area contributed by atoms with Gasteiger partial charge in [0.25, 0.3) is 0 Å². The van der Waals surface area contributed by atoms with Crippen molar-refractivity contribution in [1.82, 2.24) is 14.9 Å². The fourth-order valence-electron chi connectivity index (χ4n) is 10.8. The molecule has 3 aromatic rings. The third-order valence-electron chi connectivity index (χ3n) is 12.8. The molecular weight excluding hydrogens is 605 g/mol. The van der Waals surface area contributed by atoms with E-state index in [4.69, 9.17) is 14.7 Å². The van der Waals surface area contributed by atoms with Crippen LogP contribution in [0.4, 0.5) is 17.2 Å². The number of hydrogen-bond donors (Lipinski definition) is 0. The molecule has 1 aromatic heterocycles. The van der Waals surface area contributed by atoms with Crippen molar-refractivity contribution in [2.24, 2.45) is 17.3 Å². The number of aryl methyl sites for hydroxylation is 1. The highest BCUT2D eigenvalue weighted by Gasteiger charge is 2.68. The lowest BCUT2D eigenvalue weighted by atomic mass is 9.48. The molecule has 7 heteroatoms. The van der Waals surface area contributed by atoms with Gasteiger partial charge >= 0.3 is 0 Å². The van der Waals surface area contributed by atoms with E-state index in [0.29, 0.717) is 11.8 Å². The Morgan fingerprint density at radius 3 is 2.82 bits per heavy atom. The third-order valence-corrected chi connectivity index (χ3v) is 12.8. The maximum absolute atomic E-state index is 6.79. The van der Waals surface area contributed by atoms with Crippen LogP contribution >= 0.6 is 0 Å². The topological polar surface area (TPSA) is 48.0 Å². The Bertz CT molecular complexity index is 2270. The molecule has 7 atom stereocenters. The summed E-state index contributed by atoms with van der Waals surface area (Å²) in [5.41, 5.74) is 12.8. The Hall–Kier alpha value is -5.22. The molecule has 0 bridgehead atoms. The first-order valence-electron chi connectivity index (χ1n) is 17.7. The van der Waals surface area contributed by atoms with Crippen molar-refractivity contribution >= 4 is 22.8 Å². The van der Waals surface area contributed by atoms with Gasteiger partial charge < -0.3 is 24.3 Å². The van der Waals surface area contributed by atoms with Gasteiger partial charge in [-0.2, -0.15) is 0 Å². The molecule has 6 heterocycles. The minimum atomic E-state index is -0.193. The minimum Gasteiger partial charge on any atom is -0.482 e. The summed E-state index contributed by atoms with van der Waals surface area (Å²) >= 11 is 0. The van der Waals surface area contributed by atoms with E-state index in [0.717, 1.165) is 41.5 Å². The van der Waals surface area contributed by atoms with Crippen LogP contribution in [0.1, 0.15) is 49.3 Å². The van der Waals surface area contributed by atoms with E-state index in [1.54, 1.807) is 0 Å². The Balaban J connectivity index is 1.14. The van der Waals surface area contributed by atoms with Gasteiger partial charge in [-0.1, -0.05) is 74.2 Å². The van der Waals surface area contributed by atoms with Crippen molar-refractivity contribution < 1.29 is 4.74 Å². The Morgan fingerprint density at radius 2 is 1.94 bits per heavy atom. The van der Waals surface area contributed by atoms with Gasteiger partial charge in [0.1, 0.15) is 29.9 Å². The summed E-state index contributed by atoms with van der Waals surface area (Å²) in [5.74, 6) is 10.1. The van der Waals surface area contributed by atoms with Crippen molar-refractivity contribution in [2.45, 2.75) is 58.0 Å². The molecule has 0 spiro atoms. The second-order valence-corrected chi connectivity index (χ2v) is 15.1. The zero-order valence-electron chi connectivity index (χ0n) is 28.5. The third kappa shape index (κ3) is 3.21. The molecule has 0 fully saturated rings. The molecule has 49 heavy (non-hydrogen) atoms. The standard InChI is InChI=1S/C42H38N6O/c1-23-12-6-7-13-25(23)38-43-22-31-39(44-38)46(5)41-42(3)34(24(2)26-14-8-10-16-30(26)48(31)41)33-29-19-18-28-27-15-9-11-17-32(27)49-37(28)36(29)47-21-20-45(4)40(47)35(33)42/h6-8,11-14,17-22,24,27,32,34,40-41H,10,16H2,1-5H3. The molecule has 0 N–H and O–H groups in total. The van der Waals surface area contributed by atoms with Crippen LogP contribution in [0.15, 0.2) is 96.1 Å². The van der Waals surface area contributed by atoms with Crippen molar-refractivity contribution in [3.05, 3.63) is 113 Å². The van der Waals surface area contributed by atoms with Crippen LogP contribution in [-0.4, -0.2) is 47.4 Å². The monoisotopic (exact) mass is 642 g/mol. The lowest BCUT2D eigenvalue weighted by molar-refractivity contribution is 0.142. The van der Waals surface area contributed by atoms with Gasteiger partial charge in [0, 0.05) is 60.2 Å². The van der Waals surface area contributed by atoms with Crippen LogP contribution in [-0.2, 0) is 0 Å². The summed E-state index contributed by atoms with van der Waals surface area (Å²) in [6, 6.07) is 13.1. The summed E-state index contributed by atoms with van der Waals surface area (Å²) < 4.78 is 6.79. The summed E-state index contributed by atoms with van der Waals surface area (Å²) in [7, 11) is 4.48. The van der Waals surface area contributed by atoms with Gasteiger partial charge in [-0.05, 0) is 60.1 Å². The highest BCUT2D eigenvalue weighted by atomic mass is 16.5. The number of fused-ring (bicyclic) bond motifs is 17. The maximum atomic E-state index is 6.79. The largest absolute Gasteiger partial charge is 0.482 e. The smallest absolute Gasteiger partial charge is 0.161 e. The fraction of sp³-hybridized carbons (Fsp3) is 0.333. The molecular formula is C42H38N6O. The highest BCUT2D eigenvalue weighted by Crippen LogP contribution is 2.72. The van der Waals surface area contributed by atoms with Gasteiger partial charge in [-0.25, -0.2) is 9.97 Å². The predicted molar refractivity (Wildman–Crippen MR) is 194 cm³/mol. The minimum absolute atomic E-state index is 0.0330. The first-order valence-corrected chi connectivity index (χ1v) is 17.7. The molecule has 0 saturated heterocycles. The van der Waals surface area contributed by atoms with Gasteiger partial charge in [-0.3, -0.25) is 0 Å². The molecule has 3 aliphatic carbocycles. The van der Waals surface area contributed by atoms with E-state index in [1.165, 1.54) is 44.8 Å². The number of hydrogen-bond acceptors (Lipinski definition) is 7. The lowest BCUT2D eigenvalue weighted by Gasteiger charge is -2.62. The average Bonchev–Trinajstić information content (AvgIpc) is 3.77. The van der Waals surface area contributed by atoms with Crippen LogP contribution in [0.25, 0.3) is 17.0 Å². The Morgan fingerprint density at radius 1 is 1.06 bits per heavy atom. The van der Waals surface area contributed by atoms with Crippen molar-refractivity contribution in [2.75, 3.05) is 28.8 Å². The molecule has 7 unspecified atom stereocenters. The first kappa shape index (κ1) is 27.7. The quantitative estimate of drug-likeness (QED) is 0.257. The molecule has 8 aliphatic rings. The zero-order chi connectivity index (χ0) is 32.9. The van der Waals surface area contributed by atoms with Gasteiger partial charge in [0.05, 0.1) is 17.8 Å². The fourth-order valence-corrected chi connectivity index (χ4v) is 10.8. The van der Waals surface area contributed by atoms with Crippen LogP contribution in [0.3, 0.4) is 0 Å². The number of rotatable bonds is 1. The summed E-state index contributed by atoms with van der Waals surface area (Å²) in [5, 5.41) is 0. The van der Waals surface area contributed by atoms with Gasteiger partial charge in [0.2, 0.25) is 0 Å². The van der Waals surface area contributed by atoms with E-state index >= 15 is 0 Å². The second kappa shape index (κ2) is 9.26. The van der Waals surface area contributed by atoms with Crippen molar-refractivity contribution in [3.8, 4) is 29.0 Å². The number of benzene rings is 2. The van der Waals surface area contributed by atoms with Crippen molar-refractivity contribution in [1.29, 1.82) is 0 Å². The average molecular weight is 643 g/mol. The predicted octanol–water partition coefficient (Wildman–Crippen LogP) is 7.36. The van der Waals surface area contributed by atoms with Crippen LogP contribution in [0, 0.1) is 36.0 Å². The van der Waals surface area contributed by atoms with Crippen molar-refractivity contribution in [3.63, 3.8) is 0 Å². The normalized spacial score (nSPS) is 31.7. The first-order chi connectivity index (χ1) is 23.9. The summed E-state index contributed by atoms with van der Waals surface area (Å²) in [6.45, 7) is 7.15. The Kier molecular flexibility index (Phi) is 5.24. The number of allylic oxidation sites excluding steroid dienone is 6. The lowest BCUT2D eigenvalue weighted by Crippen LogP contribution is -2.65. The summed E-state index contributed by atoms with van der Waals surface area (Å²) in [6.07, 6.45) is 17.6. The molecule has 11 rings (SSSR count). The number of anilines is 3. The second-order valence-electron chi connectivity index (χ2n) is 15.1. The SMILES string of the molecule is Cc1ccccc1-c1ncc2c(n1)N(C)C1N2C2=C(C=CCC2)C(C)C2C3=C(C4N(C)C=CN4c4c3ccc3c4OC4C=CC#CC34)C21C. The van der Waals surface area contributed by atoms with Crippen LogP contribution in [0.2, 0.25) is 0 Å². The Labute approximate surface area is 287 Å². The number of nitrogens with zero attached hydrogens (tertiary/aromatic N) is 6. The highest BCUT2D eigenvalue weighted by molar-refractivity contribution is 5.96. The van der Waals surface area contributed by atoms with E-state index < -0.39 is 0 Å². The van der Waals surface area contributed by atoms with Gasteiger partial charge in [-0.15, -0.1) is 0 Å². The molecule has 5 aliphatic heterocycles. The molecule has 2 aromatic carbocycles. The zero-order valence-corrected chi connectivity index (χ0v) is 28.5. The summed E-state index contributed by atoms with van der Waals surface area (Å²) in [4.78, 5) is 20.4. The van der Waals surface area contributed by atoms with E-state index in [-0.39, 0.29) is 29.8 Å². The molecule has 7 nitrogen and oxygen atoms in total. The molecule has 0 radical (unpaired) electrons.